The number of amides is 1. The second-order valence-corrected chi connectivity index (χ2v) is 8.24. The van der Waals surface area contributed by atoms with Crippen molar-refractivity contribution in [2.45, 2.75) is 19.8 Å². The van der Waals surface area contributed by atoms with Crippen molar-refractivity contribution in [2.24, 2.45) is 0 Å². The number of carbonyl (C=O) groups excluding carboxylic acids is 1. The predicted molar refractivity (Wildman–Crippen MR) is 111 cm³/mol. The summed E-state index contributed by atoms with van der Waals surface area (Å²) < 4.78 is 5.38. The highest BCUT2D eigenvalue weighted by Crippen LogP contribution is 2.20. The summed E-state index contributed by atoms with van der Waals surface area (Å²) in [4.78, 5) is 20.3. The molecule has 0 radical (unpaired) electrons. The number of morpholine rings is 1. The van der Waals surface area contributed by atoms with E-state index in [1.165, 1.54) is 10.4 Å². The highest BCUT2D eigenvalue weighted by molar-refractivity contribution is 7.10. The molecule has 0 aliphatic carbocycles. The average Bonchev–Trinajstić information content (AvgIpc) is 3.17. The van der Waals surface area contributed by atoms with Gasteiger partial charge < -0.3 is 19.4 Å². The van der Waals surface area contributed by atoms with Gasteiger partial charge in [-0.05, 0) is 42.5 Å². The van der Waals surface area contributed by atoms with E-state index in [0.717, 1.165) is 70.5 Å². The van der Waals surface area contributed by atoms with Gasteiger partial charge >= 0.3 is 0 Å². The van der Waals surface area contributed by atoms with E-state index in [-0.39, 0.29) is 5.91 Å². The summed E-state index contributed by atoms with van der Waals surface area (Å²) in [6, 6.07) is 6.19. The minimum Gasteiger partial charge on any atom is -0.378 e. The van der Waals surface area contributed by atoms with Crippen molar-refractivity contribution in [3.63, 3.8) is 0 Å². The lowest BCUT2D eigenvalue weighted by molar-refractivity contribution is -0.131. The largest absolute Gasteiger partial charge is 0.378 e. The number of hydrogen-bond acceptors (Lipinski definition) is 7. The summed E-state index contributed by atoms with van der Waals surface area (Å²) in [5.41, 5.74) is 1.29. The first-order valence-corrected chi connectivity index (χ1v) is 10.8. The molecule has 4 heterocycles. The molecule has 0 bridgehead atoms. The molecule has 0 spiro atoms. The molecule has 2 fully saturated rings. The maximum atomic E-state index is 12.5. The van der Waals surface area contributed by atoms with Gasteiger partial charge in [0.2, 0.25) is 5.91 Å². The van der Waals surface area contributed by atoms with Crippen LogP contribution in [0, 0.1) is 6.92 Å². The van der Waals surface area contributed by atoms with Gasteiger partial charge in [-0.25, -0.2) is 0 Å². The first-order valence-electron chi connectivity index (χ1n) is 9.93. The Morgan fingerprint density at radius 1 is 1.00 bits per heavy atom. The minimum atomic E-state index is 0.251. The van der Waals surface area contributed by atoms with Crippen LogP contribution in [0.1, 0.15) is 16.9 Å². The predicted octanol–water partition coefficient (Wildman–Crippen LogP) is 1.96. The van der Waals surface area contributed by atoms with E-state index in [1.807, 2.05) is 17.0 Å². The first kappa shape index (κ1) is 19.1. The van der Waals surface area contributed by atoms with Crippen molar-refractivity contribution in [1.29, 1.82) is 0 Å². The highest BCUT2D eigenvalue weighted by atomic mass is 32.1. The van der Waals surface area contributed by atoms with Crippen molar-refractivity contribution in [2.75, 3.05) is 62.3 Å². The zero-order chi connectivity index (χ0) is 19.3. The topological polar surface area (TPSA) is 61.8 Å². The Morgan fingerprint density at radius 2 is 1.64 bits per heavy atom. The van der Waals surface area contributed by atoms with E-state index in [1.54, 1.807) is 11.3 Å². The molecule has 2 aromatic heterocycles. The number of hydrogen-bond donors (Lipinski definition) is 0. The van der Waals surface area contributed by atoms with Crippen LogP contribution in [-0.4, -0.2) is 73.5 Å². The fourth-order valence-electron chi connectivity index (χ4n) is 3.67. The summed E-state index contributed by atoms with van der Waals surface area (Å²) in [5, 5.41) is 10.9. The number of anilines is 2. The average molecular weight is 402 g/mol. The molecule has 1 amide bonds. The molecule has 150 valence electrons. The van der Waals surface area contributed by atoms with E-state index in [2.05, 4.69) is 38.4 Å². The molecule has 0 unspecified atom stereocenters. The fraction of sp³-hybridized carbons (Fsp3) is 0.550. The fourth-order valence-corrected chi connectivity index (χ4v) is 4.58. The van der Waals surface area contributed by atoms with Gasteiger partial charge in [0.05, 0.1) is 13.2 Å². The van der Waals surface area contributed by atoms with E-state index in [9.17, 15) is 4.79 Å². The second kappa shape index (κ2) is 8.87. The van der Waals surface area contributed by atoms with Crippen LogP contribution in [0.3, 0.4) is 0 Å². The normalized spacial score (nSPS) is 17.8. The smallest absolute Gasteiger partial charge is 0.223 e. The molecule has 0 aromatic carbocycles. The van der Waals surface area contributed by atoms with Gasteiger partial charge in [0.15, 0.2) is 11.6 Å². The maximum absolute atomic E-state index is 12.5. The second-order valence-electron chi connectivity index (χ2n) is 7.24. The lowest BCUT2D eigenvalue weighted by Gasteiger charge is -2.35. The van der Waals surface area contributed by atoms with E-state index >= 15 is 0 Å². The van der Waals surface area contributed by atoms with Crippen LogP contribution in [0.25, 0.3) is 0 Å². The molecule has 4 rings (SSSR count). The Hall–Kier alpha value is -2.19. The number of carbonyl (C=O) groups is 1. The van der Waals surface area contributed by atoms with E-state index in [0.29, 0.717) is 6.42 Å². The summed E-state index contributed by atoms with van der Waals surface area (Å²) in [6.45, 7) is 8.41. The first-order chi connectivity index (χ1) is 13.7. The summed E-state index contributed by atoms with van der Waals surface area (Å²) in [7, 11) is 0. The Labute approximate surface area is 169 Å². The number of thiophene rings is 1. The summed E-state index contributed by atoms with van der Waals surface area (Å²) in [6.07, 6.45) is 1.44. The SMILES string of the molecule is Cc1ccsc1CCC(=O)N1CCN(c2ccc(N3CCOCC3)nn2)CC1. The molecule has 0 atom stereocenters. The van der Waals surface area contributed by atoms with Gasteiger partial charge in [0, 0.05) is 50.6 Å². The van der Waals surface area contributed by atoms with Crippen LogP contribution in [0.2, 0.25) is 0 Å². The van der Waals surface area contributed by atoms with Crippen LogP contribution in [-0.2, 0) is 16.0 Å². The Morgan fingerprint density at radius 3 is 2.21 bits per heavy atom. The molecule has 0 saturated carbocycles. The molecule has 2 aliphatic rings. The lowest BCUT2D eigenvalue weighted by atomic mass is 10.2. The third kappa shape index (κ3) is 4.44. The van der Waals surface area contributed by atoms with Gasteiger partial charge in [-0.2, -0.15) is 0 Å². The molecule has 7 nitrogen and oxygen atoms in total. The number of aromatic nitrogens is 2. The minimum absolute atomic E-state index is 0.251. The molecular weight excluding hydrogens is 374 g/mol. The molecule has 2 saturated heterocycles. The Kier molecular flexibility index (Phi) is 6.07. The van der Waals surface area contributed by atoms with Gasteiger partial charge in [0.1, 0.15) is 0 Å². The van der Waals surface area contributed by atoms with E-state index in [4.69, 9.17) is 4.74 Å². The monoisotopic (exact) mass is 401 g/mol. The van der Waals surface area contributed by atoms with Crippen molar-refractivity contribution in [1.82, 2.24) is 15.1 Å². The standard InChI is InChI=1S/C20H27N5O2S/c1-16-6-15-28-17(16)2-5-20(26)25-9-7-23(8-10-25)18-3-4-19(22-21-18)24-11-13-27-14-12-24/h3-4,6,15H,2,5,7-14H2,1H3. The van der Waals surface area contributed by atoms with Crippen LogP contribution >= 0.6 is 11.3 Å². The molecule has 8 heteroatoms. The lowest BCUT2D eigenvalue weighted by Crippen LogP contribution is -2.49. The zero-order valence-electron chi connectivity index (χ0n) is 16.3. The number of aryl methyl sites for hydroxylation is 2. The maximum Gasteiger partial charge on any atom is 0.223 e. The van der Waals surface area contributed by atoms with Gasteiger partial charge in [-0.3, -0.25) is 4.79 Å². The number of piperazine rings is 1. The van der Waals surface area contributed by atoms with Crippen molar-refractivity contribution < 1.29 is 9.53 Å². The van der Waals surface area contributed by atoms with Crippen molar-refractivity contribution in [3.8, 4) is 0 Å². The van der Waals surface area contributed by atoms with Gasteiger partial charge in [-0.15, -0.1) is 21.5 Å². The zero-order valence-corrected chi connectivity index (χ0v) is 17.2. The molecule has 28 heavy (non-hydrogen) atoms. The Balaban J connectivity index is 1.26. The summed E-state index contributed by atoms with van der Waals surface area (Å²) >= 11 is 1.74. The van der Waals surface area contributed by atoms with Gasteiger partial charge in [0.25, 0.3) is 0 Å². The molecule has 0 N–H and O–H groups in total. The van der Waals surface area contributed by atoms with Crippen LogP contribution in [0.15, 0.2) is 23.6 Å². The molecule has 2 aromatic rings. The quantitative estimate of drug-likeness (QED) is 0.763. The number of nitrogens with zero attached hydrogens (tertiary/aromatic N) is 5. The van der Waals surface area contributed by atoms with Crippen LogP contribution in [0.4, 0.5) is 11.6 Å². The van der Waals surface area contributed by atoms with E-state index < -0.39 is 0 Å². The van der Waals surface area contributed by atoms with Crippen molar-refractivity contribution >= 4 is 28.9 Å². The molecular formula is C20H27N5O2S. The Bertz CT molecular complexity index is 780. The third-order valence-electron chi connectivity index (χ3n) is 5.46. The third-order valence-corrected chi connectivity index (χ3v) is 6.54. The van der Waals surface area contributed by atoms with Gasteiger partial charge in [-0.1, -0.05) is 0 Å². The highest BCUT2D eigenvalue weighted by Gasteiger charge is 2.22. The molecule has 2 aliphatic heterocycles. The summed E-state index contributed by atoms with van der Waals surface area (Å²) in [5.74, 6) is 2.05. The van der Waals surface area contributed by atoms with Crippen molar-refractivity contribution in [3.05, 3.63) is 34.0 Å². The van der Waals surface area contributed by atoms with Crippen LogP contribution in [0.5, 0.6) is 0 Å². The van der Waals surface area contributed by atoms with Crippen LogP contribution < -0.4 is 9.80 Å². The number of rotatable bonds is 5. The number of ether oxygens (including phenoxy) is 1.